The van der Waals surface area contributed by atoms with Crippen LogP contribution in [0.5, 0.6) is 11.5 Å². The number of halogens is 1. The smallest absolute Gasteiger partial charge is 0.308 e. The molecule has 0 saturated carbocycles. The summed E-state index contributed by atoms with van der Waals surface area (Å²) in [7, 11) is -3.88. The zero-order chi connectivity index (χ0) is 30.6. The van der Waals surface area contributed by atoms with Crippen molar-refractivity contribution in [2.45, 2.75) is 24.7 Å². The van der Waals surface area contributed by atoms with E-state index in [9.17, 15) is 18.0 Å². The van der Waals surface area contributed by atoms with Gasteiger partial charge in [0.1, 0.15) is 11.5 Å². The summed E-state index contributed by atoms with van der Waals surface area (Å²) < 4.78 is 40.4. The van der Waals surface area contributed by atoms with E-state index >= 15 is 0 Å². The van der Waals surface area contributed by atoms with E-state index < -0.39 is 27.9 Å². The molecule has 0 atom stereocenters. The normalized spacial score (nSPS) is 14.0. The Balaban J connectivity index is 1.51. The van der Waals surface area contributed by atoms with Crippen molar-refractivity contribution in [2.24, 2.45) is 0 Å². The lowest BCUT2D eigenvalue weighted by molar-refractivity contribution is -0.132. The summed E-state index contributed by atoms with van der Waals surface area (Å²) in [5, 5.41) is 0.631. The van der Waals surface area contributed by atoms with Gasteiger partial charge in [-0.3, -0.25) is 9.59 Å². The van der Waals surface area contributed by atoms with Gasteiger partial charge >= 0.3 is 11.9 Å². The monoisotopic (exact) mass is 618 g/mol. The molecule has 0 N–H and O–H groups in total. The van der Waals surface area contributed by atoms with Gasteiger partial charge in [0.05, 0.1) is 15.6 Å². The van der Waals surface area contributed by atoms with Crippen LogP contribution in [0.1, 0.15) is 36.5 Å². The molecular weight excluding hydrogens is 588 g/mol. The van der Waals surface area contributed by atoms with E-state index in [-0.39, 0.29) is 4.90 Å². The first kappa shape index (κ1) is 30.3. The van der Waals surface area contributed by atoms with Crippen LogP contribution < -0.4 is 14.4 Å². The van der Waals surface area contributed by atoms with Crippen molar-refractivity contribution in [1.29, 1.82) is 0 Å². The number of sulfonamides is 1. The highest BCUT2D eigenvalue weighted by atomic mass is 35.5. The first-order valence-corrected chi connectivity index (χ1v) is 15.6. The molecule has 10 heteroatoms. The van der Waals surface area contributed by atoms with Gasteiger partial charge in [-0.15, -0.1) is 0 Å². The minimum atomic E-state index is -3.88. The lowest BCUT2D eigenvalue weighted by atomic mass is 9.85. The predicted molar refractivity (Wildman–Crippen MR) is 165 cm³/mol. The molecule has 0 radical (unpaired) electrons. The van der Waals surface area contributed by atoms with Crippen LogP contribution in [0.25, 0.3) is 0 Å². The Morgan fingerprint density at radius 3 is 1.70 bits per heavy atom. The Bertz CT molecular complexity index is 1660. The van der Waals surface area contributed by atoms with E-state index in [1.54, 1.807) is 36.4 Å². The van der Waals surface area contributed by atoms with Crippen LogP contribution in [0, 0.1) is 0 Å². The van der Waals surface area contributed by atoms with Gasteiger partial charge in [-0.2, -0.15) is 4.31 Å². The lowest BCUT2D eigenvalue weighted by Gasteiger charge is -2.36. The molecule has 1 aliphatic heterocycles. The molecule has 1 heterocycles. The van der Waals surface area contributed by atoms with Gasteiger partial charge in [0.15, 0.2) is 0 Å². The van der Waals surface area contributed by atoms with E-state index in [1.807, 2.05) is 60.7 Å². The Hall–Kier alpha value is -4.18. The number of piperazine rings is 1. The largest absolute Gasteiger partial charge is 0.427 e. The quantitative estimate of drug-likeness (QED) is 0.138. The molecule has 4 aromatic carbocycles. The molecule has 1 aliphatic rings. The minimum absolute atomic E-state index is 0.208. The molecule has 0 spiro atoms. The first-order chi connectivity index (χ1) is 20.6. The highest BCUT2D eigenvalue weighted by Crippen LogP contribution is 2.38. The van der Waals surface area contributed by atoms with Gasteiger partial charge in [0.25, 0.3) is 0 Å². The Kier molecular flexibility index (Phi) is 9.15. The fourth-order valence-corrected chi connectivity index (χ4v) is 7.22. The first-order valence-electron chi connectivity index (χ1n) is 13.8. The van der Waals surface area contributed by atoms with Crippen molar-refractivity contribution >= 4 is 39.3 Å². The van der Waals surface area contributed by atoms with Crippen LogP contribution in [-0.2, 0) is 19.6 Å². The van der Waals surface area contributed by atoms with E-state index in [1.165, 1.54) is 18.2 Å². The highest BCUT2D eigenvalue weighted by Gasteiger charge is 2.33. The number of ether oxygens (including phenoxy) is 2. The number of hydrogen-bond donors (Lipinski definition) is 0. The molecule has 1 saturated heterocycles. The summed E-state index contributed by atoms with van der Waals surface area (Å²) in [6, 6.07) is 28.5. The van der Waals surface area contributed by atoms with Gasteiger partial charge in [0, 0.05) is 45.9 Å². The van der Waals surface area contributed by atoms with Gasteiger partial charge in [-0.05, 0) is 59.2 Å². The molecule has 1 fully saturated rings. The maximum absolute atomic E-state index is 14.2. The van der Waals surface area contributed by atoms with Gasteiger partial charge in [-0.25, -0.2) is 8.42 Å². The maximum Gasteiger partial charge on any atom is 0.308 e. The molecule has 0 aliphatic carbocycles. The summed E-state index contributed by atoms with van der Waals surface area (Å²) in [5.74, 6) is -0.587. The summed E-state index contributed by atoms with van der Waals surface area (Å²) in [6.45, 7) is 4.28. The Morgan fingerprint density at radius 2 is 1.19 bits per heavy atom. The third kappa shape index (κ3) is 6.91. The fourth-order valence-electron chi connectivity index (χ4n) is 5.31. The number of para-hydroxylation sites is 1. The number of hydrogen-bond acceptors (Lipinski definition) is 7. The number of carbonyl (C=O) groups is 2. The van der Waals surface area contributed by atoms with Crippen LogP contribution in [0.15, 0.2) is 102 Å². The number of nitrogens with zero attached hydrogens (tertiary/aromatic N) is 2. The topological polar surface area (TPSA) is 93.2 Å². The zero-order valence-corrected chi connectivity index (χ0v) is 25.3. The standard InChI is InChI=1S/C33H31ClN2O6S/c1-23(37)41-27-15-11-25(12-16-27)33(26-13-17-28(18-14-26)42-24(2)38)29-7-3-6-10-32(29)43(39,40)36-21-19-35(20-22-36)31-9-5-4-8-30(31)34/h3-18,33H,19-22H2,1-2H3. The molecule has 0 aromatic heterocycles. The fraction of sp³-hybridized carbons (Fsp3) is 0.212. The predicted octanol–water partition coefficient (Wildman–Crippen LogP) is 5.88. The Labute approximate surface area is 256 Å². The highest BCUT2D eigenvalue weighted by molar-refractivity contribution is 7.89. The van der Waals surface area contributed by atoms with E-state index in [0.717, 1.165) is 16.8 Å². The summed E-state index contributed by atoms with van der Waals surface area (Å²) in [4.78, 5) is 25.2. The number of rotatable bonds is 8. The van der Waals surface area contributed by atoms with E-state index in [4.69, 9.17) is 21.1 Å². The number of esters is 2. The number of benzene rings is 4. The average Bonchev–Trinajstić information content (AvgIpc) is 2.99. The second-order valence-corrected chi connectivity index (χ2v) is 12.5. The van der Waals surface area contributed by atoms with Crippen molar-refractivity contribution in [3.63, 3.8) is 0 Å². The molecule has 0 unspecified atom stereocenters. The Morgan fingerprint density at radius 1 is 0.698 bits per heavy atom. The molecule has 5 rings (SSSR count). The molecule has 0 amide bonds. The van der Waals surface area contributed by atoms with Crippen LogP contribution in [0.4, 0.5) is 5.69 Å². The van der Waals surface area contributed by atoms with Crippen LogP contribution in [0.2, 0.25) is 5.02 Å². The second-order valence-electron chi connectivity index (χ2n) is 10.1. The second kappa shape index (κ2) is 13.0. The van der Waals surface area contributed by atoms with Crippen molar-refractivity contribution in [2.75, 3.05) is 31.1 Å². The van der Waals surface area contributed by atoms with Crippen LogP contribution >= 0.6 is 11.6 Å². The molecule has 4 aromatic rings. The van der Waals surface area contributed by atoms with Crippen molar-refractivity contribution < 1.29 is 27.5 Å². The summed E-state index contributed by atoms with van der Waals surface area (Å²) >= 11 is 6.40. The third-order valence-corrected chi connectivity index (χ3v) is 9.52. The molecule has 0 bridgehead atoms. The van der Waals surface area contributed by atoms with Crippen molar-refractivity contribution in [3.05, 3.63) is 119 Å². The number of carbonyl (C=O) groups excluding carboxylic acids is 2. The van der Waals surface area contributed by atoms with Gasteiger partial charge < -0.3 is 14.4 Å². The number of anilines is 1. The van der Waals surface area contributed by atoms with Crippen molar-refractivity contribution in [3.8, 4) is 11.5 Å². The molecule has 222 valence electrons. The van der Waals surface area contributed by atoms with Crippen LogP contribution in [-0.4, -0.2) is 50.8 Å². The van der Waals surface area contributed by atoms with Crippen LogP contribution in [0.3, 0.4) is 0 Å². The maximum atomic E-state index is 14.2. The summed E-state index contributed by atoms with van der Waals surface area (Å²) in [6.07, 6.45) is 0. The molecule has 43 heavy (non-hydrogen) atoms. The van der Waals surface area contributed by atoms with Crippen molar-refractivity contribution in [1.82, 2.24) is 4.31 Å². The average molecular weight is 619 g/mol. The lowest BCUT2D eigenvalue weighted by Crippen LogP contribution is -2.49. The third-order valence-electron chi connectivity index (χ3n) is 7.23. The molecular formula is C33H31ClN2O6S. The van der Waals surface area contributed by atoms with E-state index in [2.05, 4.69) is 4.90 Å². The molecule has 8 nitrogen and oxygen atoms in total. The minimum Gasteiger partial charge on any atom is -0.427 e. The SMILES string of the molecule is CC(=O)Oc1ccc(C(c2ccc(OC(C)=O)cc2)c2ccccc2S(=O)(=O)N2CCN(c3ccccc3Cl)CC2)cc1. The van der Waals surface area contributed by atoms with Gasteiger partial charge in [-0.1, -0.05) is 66.2 Å². The van der Waals surface area contributed by atoms with Gasteiger partial charge in [0.2, 0.25) is 10.0 Å². The summed E-state index contributed by atoms with van der Waals surface area (Å²) in [5.41, 5.74) is 3.07. The van der Waals surface area contributed by atoms with E-state index in [0.29, 0.717) is 48.3 Å². The zero-order valence-electron chi connectivity index (χ0n) is 23.8.